The number of methoxy groups -OCH3 is 1. The standard InChI is InChI=1S/C31H36F4N2O4/c1-40-28(39)30(12-7-13-30)20-36-16-14-29(15-17-36,21-41-26-11-6-5-10-25(26)32)19-37(35)27(38)31(33,34)24-18-23(24)22-8-3-2-4-9-22/h2-6,8-11,23-24H,7,12-21H2,1H3/t23-,24-/m1/s1. The number of benzene rings is 2. The number of para-hydroxylation sites is 1. The maximum atomic E-state index is 15.4. The Balaban J connectivity index is 1.27. The summed E-state index contributed by atoms with van der Waals surface area (Å²) in [6, 6.07) is 14.5. The number of carbonyl (C=O) groups is 2. The zero-order valence-corrected chi connectivity index (χ0v) is 23.2. The van der Waals surface area contributed by atoms with Gasteiger partial charge in [-0.3, -0.25) is 9.59 Å². The first-order valence-corrected chi connectivity index (χ1v) is 14.2. The van der Waals surface area contributed by atoms with Crippen molar-refractivity contribution in [2.45, 2.75) is 50.4 Å². The molecule has 2 atom stereocenters. The first kappa shape index (κ1) is 29.4. The van der Waals surface area contributed by atoms with E-state index < -0.39 is 46.9 Å². The molecular weight excluding hydrogens is 540 g/mol. The van der Waals surface area contributed by atoms with Crippen LogP contribution in [0.5, 0.6) is 5.75 Å². The average Bonchev–Trinajstić information content (AvgIpc) is 3.77. The van der Waals surface area contributed by atoms with E-state index in [0.717, 1.165) is 19.3 Å². The van der Waals surface area contributed by atoms with E-state index in [1.165, 1.54) is 25.3 Å². The molecule has 1 aliphatic heterocycles. The number of ether oxygens (including phenoxy) is 2. The zero-order valence-electron chi connectivity index (χ0n) is 23.2. The normalized spacial score (nSPS) is 23.2. The van der Waals surface area contributed by atoms with E-state index in [0.29, 0.717) is 38.0 Å². The first-order chi connectivity index (χ1) is 19.6. The lowest BCUT2D eigenvalue weighted by atomic mass is 9.68. The van der Waals surface area contributed by atoms with Crippen molar-refractivity contribution in [3.63, 3.8) is 0 Å². The van der Waals surface area contributed by atoms with Crippen LogP contribution in [0.2, 0.25) is 0 Å². The summed E-state index contributed by atoms with van der Waals surface area (Å²) in [6.07, 6.45) is 3.12. The van der Waals surface area contributed by atoms with E-state index in [9.17, 15) is 14.0 Å². The summed E-state index contributed by atoms with van der Waals surface area (Å²) in [4.78, 5) is 27.3. The maximum absolute atomic E-state index is 15.4. The SMILES string of the molecule is COC(=O)C1(CN2CCC(COc3ccccc3F)(CN(F)C(=O)C(F)(F)[C@@H]3C[C@@H]3c3ccccc3)CC2)CCC1. The quantitative estimate of drug-likeness (QED) is 0.193. The van der Waals surface area contributed by atoms with Crippen molar-refractivity contribution in [1.29, 1.82) is 0 Å². The van der Waals surface area contributed by atoms with Gasteiger partial charge in [-0.2, -0.15) is 13.9 Å². The van der Waals surface area contributed by atoms with Crippen LogP contribution < -0.4 is 4.74 Å². The number of likely N-dealkylation sites (tertiary alicyclic amines) is 1. The molecule has 5 rings (SSSR count). The molecule has 0 unspecified atom stereocenters. The molecule has 0 aromatic heterocycles. The summed E-state index contributed by atoms with van der Waals surface area (Å²) >= 11 is 0. The van der Waals surface area contributed by atoms with Crippen LogP contribution in [0.15, 0.2) is 54.6 Å². The van der Waals surface area contributed by atoms with Crippen molar-refractivity contribution < 1.29 is 36.7 Å². The van der Waals surface area contributed by atoms with Crippen LogP contribution in [-0.4, -0.2) is 67.7 Å². The highest BCUT2D eigenvalue weighted by Crippen LogP contribution is 2.56. The van der Waals surface area contributed by atoms with E-state index >= 15 is 13.3 Å². The molecule has 0 N–H and O–H groups in total. The lowest BCUT2D eigenvalue weighted by Crippen LogP contribution is -2.54. The van der Waals surface area contributed by atoms with E-state index in [1.54, 1.807) is 36.4 Å². The average molecular weight is 577 g/mol. The Morgan fingerprint density at radius 3 is 2.29 bits per heavy atom. The molecule has 2 aromatic rings. The second-order valence-corrected chi connectivity index (χ2v) is 11.9. The van der Waals surface area contributed by atoms with E-state index in [2.05, 4.69) is 4.90 Å². The van der Waals surface area contributed by atoms with Crippen LogP contribution in [0.25, 0.3) is 0 Å². The monoisotopic (exact) mass is 576 g/mol. The fraction of sp³-hybridized carbons (Fsp3) is 0.548. The highest BCUT2D eigenvalue weighted by molar-refractivity contribution is 5.83. The van der Waals surface area contributed by atoms with Crippen LogP contribution in [0.4, 0.5) is 17.7 Å². The highest BCUT2D eigenvalue weighted by Gasteiger charge is 2.61. The van der Waals surface area contributed by atoms with Crippen LogP contribution >= 0.6 is 0 Å². The minimum atomic E-state index is -3.86. The van der Waals surface area contributed by atoms with Crippen molar-refractivity contribution in [3.8, 4) is 5.75 Å². The predicted octanol–water partition coefficient (Wildman–Crippen LogP) is 5.78. The number of halogens is 4. The molecule has 0 radical (unpaired) electrons. The van der Waals surface area contributed by atoms with Crippen molar-refractivity contribution in [3.05, 3.63) is 66.0 Å². The minimum Gasteiger partial charge on any atom is -0.490 e. The molecule has 41 heavy (non-hydrogen) atoms. The Labute approximate surface area is 237 Å². The maximum Gasteiger partial charge on any atom is 0.330 e. The molecule has 2 aliphatic carbocycles. The molecule has 0 spiro atoms. The summed E-state index contributed by atoms with van der Waals surface area (Å²) in [6.45, 7) is 0.615. The smallest absolute Gasteiger partial charge is 0.330 e. The number of piperidine rings is 1. The summed E-state index contributed by atoms with van der Waals surface area (Å²) in [5.74, 6) is -8.35. The Kier molecular flexibility index (Phi) is 8.32. The molecule has 222 valence electrons. The van der Waals surface area contributed by atoms with E-state index in [1.807, 2.05) is 0 Å². The molecule has 1 amide bonds. The third kappa shape index (κ3) is 6.08. The molecule has 6 nitrogen and oxygen atoms in total. The van der Waals surface area contributed by atoms with Gasteiger partial charge in [-0.1, -0.05) is 53.4 Å². The summed E-state index contributed by atoms with van der Waals surface area (Å²) in [7, 11) is 1.37. The largest absolute Gasteiger partial charge is 0.490 e. The van der Waals surface area contributed by atoms with Gasteiger partial charge in [-0.25, -0.2) is 4.39 Å². The number of carbonyl (C=O) groups excluding carboxylic acids is 2. The van der Waals surface area contributed by atoms with E-state index in [4.69, 9.17) is 9.47 Å². The third-order valence-corrected chi connectivity index (χ3v) is 9.21. The van der Waals surface area contributed by atoms with Crippen LogP contribution in [0, 0.1) is 22.6 Å². The Morgan fingerprint density at radius 2 is 1.68 bits per heavy atom. The fourth-order valence-electron chi connectivity index (χ4n) is 6.35. The van der Waals surface area contributed by atoms with E-state index in [-0.39, 0.29) is 29.9 Å². The topological polar surface area (TPSA) is 59.1 Å². The highest BCUT2D eigenvalue weighted by atomic mass is 19.3. The lowest BCUT2D eigenvalue weighted by Gasteiger charge is -2.47. The first-order valence-electron chi connectivity index (χ1n) is 14.2. The van der Waals surface area contributed by atoms with Gasteiger partial charge in [0.2, 0.25) is 0 Å². The number of nitrogens with zero attached hydrogens (tertiary/aromatic N) is 2. The molecule has 2 aromatic carbocycles. The molecule has 1 saturated heterocycles. The van der Waals surface area contributed by atoms with Crippen LogP contribution in [-0.2, 0) is 14.3 Å². The lowest BCUT2D eigenvalue weighted by molar-refractivity contribution is -0.183. The molecule has 0 bridgehead atoms. The number of alkyl halides is 2. The van der Waals surface area contributed by atoms with Gasteiger partial charge in [0.25, 0.3) is 0 Å². The van der Waals surface area contributed by atoms with Gasteiger partial charge in [-0.05, 0) is 68.8 Å². The summed E-state index contributed by atoms with van der Waals surface area (Å²) in [5, 5.41) is -0.359. The van der Waals surface area contributed by atoms with Gasteiger partial charge in [0.1, 0.15) is 0 Å². The van der Waals surface area contributed by atoms with Gasteiger partial charge >= 0.3 is 17.8 Å². The van der Waals surface area contributed by atoms with Gasteiger partial charge in [0.15, 0.2) is 11.6 Å². The molecule has 1 heterocycles. The summed E-state index contributed by atoms with van der Waals surface area (Å²) < 4.78 is 70.9. The number of amides is 1. The molecule has 2 saturated carbocycles. The van der Waals surface area contributed by atoms with Gasteiger partial charge < -0.3 is 14.4 Å². The summed E-state index contributed by atoms with van der Waals surface area (Å²) in [5.41, 5.74) is -0.893. The van der Waals surface area contributed by atoms with Crippen molar-refractivity contribution >= 4 is 11.9 Å². The number of esters is 1. The van der Waals surface area contributed by atoms with Crippen LogP contribution in [0.3, 0.4) is 0 Å². The zero-order chi connectivity index (χ0) is 29.3. The van der Waals surface area contributed by atoms with Crippen molar-refractivity contribution in [2.75, 3.05) is 39.9 Å². The minimum absolute atomic E-state index is 0.0286. The molecular formula is C31H36F4N2O4. The van der Waals surface area contributed by atoms with Gasteiger partial charge in [0.05, 0.1) is 25.7 Å². The number of hydrogen-bond acceptors (Lipinski definition) is 5. The second kappa shape index (κ2) is 11.6. The number of rotatable bonds is 11. The third-order valence-electron chi connectivity index (χ3n) is 9.21. The van der Waals surface area contributed by atoms with Crippen molar-refractivity contribution in [2.24, 2.45) is 16.7 Å². The van der Waals surface area contributed by atoms with Crippen molar-refractivity contribution in [1.82, 2.24) is 10.0 Å². The van der Waals surface area contributed by atoms with Gasteiger partial charge in [-0.15, -0.1) is 0 Å². The number of hydrogen-bond donors (Lipinski definition) is 0. The molecule has 10 heteroatoms. The van der Waals surface area contributed by atoms with Gasteiger partial charge in [0, 0.05) is 17.9 Å². The Hall–Kier alpha value is -3.14. The Morgan fingerprint density at radius 1 is 1.02 bits per heavy atom. The Bertz CT molecular complexity index is 1230. The molecule has 3 aliphatic rings. The molecule has 3 fully saturated rings. The second-order valence-electron chi connectivity index (χ2n) is 11.9. The van der Waals surface area contributed by atoms with Crippen LogP contribution in [0.1, 0.15) is 50.0 Å². The predicted molar refractivity (Wildman–Crippen MR) is 143 cm³/mol. The fourth-order valence-corrected chi connectivity index (χ4v) is 6.35.